The van der Waals surface area contributed by atoms with Crippen LogP contribution in [-0.2, 0) is 20.7 Å². The van der Waals surface area contributed by atoms with Gasteiger partial charge in [0, 0.05) is 26.4 Å². The first-order valence-electron chi connectivity index (χ1n) is 9.30. The molecule has 0 bridgehead atoms. The van der Waals surface area contributed by atoms with Gasteiger partial charge in [-0.2, -0.15) is 0 Å². The Morgan fingerprint density at radius 2 is 1.66 bits per heavy atom. The molecule has 0 aliphatic carbocycles. The number of carbonyl (C=O) groups excluding carboxylic acids is 3. The lowest BCUT2D eigenvalue weighted by Gasteiger charge is -2.21. The first-order chi connectivity index (χ1) is 14.0. The van der Waals surface area contributed by atoms with Crippen molar-refractivity contribution in [1.29, 1.82) is 0 Å². The Bertz CT molecular complexity index is 866. The van der Waals surface area contributed by atoms with Crippen LogP contribution in [0.15, 0.2) is 48.5 Å². The zero-order valence-corrected chi connectivity index (χ0v) is 16.9. The van der Waals surface area contributed by atoms with Gasteiger partial charge in [0.1, 0.15) is 5.75 Å². The third kappa shape index (κ3) is 6.34. The van der Waals surface area contributed by atoms with Crippen molar-refractivity contribution in [3.05, 3.63) is 59.7 Å². The molecule has 0 unspecified atom stereocenters. The second-order valence-corrected chi connectivity index (χ2v) is 6.40. The molecule has 2 aromatic carbocycles. The number of nitrogens with one attached hydrogen (secondary N) is 1. The van der Waals surface area contributed by atoms with E-state index < -0.39 is 5.97 Å². The number of ether oxygens (including phenoxy) is 2. The Morgan fingerprint density at radius 3 is 2.34 bits per heavy atom. The Morgan fingerprint density at radius 1 is 0.966 bits per heavy atom. The van der Waals surface area contributed by atoms with Crippen molar-refractivity contribution in [2.75, 3.05) is 32.6 Å². The second-order valence-electron chi connectivity index (χ2n) is 6.40. The largest absolute Gasteiger partial charge is 0.496 e. The maximum atomic E-state index is 12.4. The molecule has 1 N–H and O–H groups in total. The Hall–Kier alpha value is -3.35. The van der Waals surface area contributed by atoms with Gasteiger partial charge in [-0.15, -0.1) is 0 Å². The molecule has 0 spiro atoms. The van der Waals surface area contributed by atoms with Crippen LogP contribution in [0, 0.1) is 0 Å². The summed E-state index contributed by atoms with van der Waals surface area (Å²) in [6.07, 6.45) is 0.734. The van der Waals surface area contributed by atoms with E-state index in [-0.39, 0.29) is 30.3 Å². The van der Waals surface area contributed by atoms with E-state index in [1.165, 1.54) is 14.0 Å². The number of para-hydroxylation sites is 2. The lowest BCUT2D eigenvalue weighted by atomic mass is 10.1. The van der Waals surface area contributed by atoms with Crippen LogP contribution in [0.25, 0.3) is 0 Å². The minimum absolute atomic E-state index is 0.109. The van der Waals surface area contributed by atoms with Gasteiger partial charge in [0.15, 0.2) is 0 Å². The highest BCUT2D eigenvalue weighted by atomic mass is 16.5. The third-order valence-corrected chi connectivity index (χ3v) is 4.50. The summed E-state index contributed by atoms with van der Waals surface area (Å²) in [7, 11) is 2.89. The second kappa shape index (κ2) is 10.8. The molecule has 0 saturated heterocycles. The molecule has 0 heterocycles. The summed E-state index contributed by atoms with van der Waals surface area (Å²) in [6.45, 7) is 2.23. The van der Waals surface area contributed by atoms with Crippen LogP contribution in [0.3, 0.4) is 0 Å². The average Bonchev–Trinajstić information content (AvgIpc) is 2.73. The van der Waals surface area contributed by atoms with Crippen LogP contribution in [0.2, 0.25) is 0 Å². The topological polar surface area (TPSA) is 84.9 Å². The van der Waals surface area contributed by atoms with Crippen LogP contribution in [0.4, 0.5) is 5.69 Å². The van der Waals surface area contributed by atoms with Crippen LogP contribution >= 0.6 is 0 Å². The van der Waals surface area contributed by atoms with E-state index in [9.17, 15) is 14.4 Å². The van der Waals surface area contributed by atoms with Crippen molar-refractivity contribution in [2.45, 2.75) is 19.8 Å². The van der Waals surface area contributed by atoms with E-state index in [1.54, 1.807) is 36.3 Å². The standard InChI is InChI=1S/C22H26N2O5/c1-16(25)24(14-12-17-8-4-7-11-20(17)28-2)15-13-21(26)23-19-10-6-5-9-18(19)22(27)29-3/h4-11H,12-15H2,1-3H3,(H,23,26). The molecule has 2 rings (SSSR count). The van der Waals surface area contributed by atoms with E-state index in [2.05, 4.69) is 5.32 Å². The lowest BCUT2D eigenvalue weighted by Crippen LogP contribution is -2.34. The predicted molar refractivity (Wildman–Crippen MR) is 110 cm³/mol. The number of nitrogens with zero attached hydrogens (tertiary/aromatic N) is 1. The van der Waals surface area contributed by atoms with Crippen molar-refractivity contribution >= 4 is 23.5 Å². The fourth-order valence-corrected chi connectivity index (χ4v) is 2.92. The highest BCUT2D eigenvalue weighted by Gasteiger charge is 2.15. The van der Waals surface area contributed by atoms with E-state index in [0.717, 1.165) is 11.3 Å². The summed E-state index contributed by atoms with van der Waals surface area (Å²) in [4.78, 5) is 37.8. The predicted octanol–water partition coefficient (Wildman–Crippen LogP) is 2.90. The Kier molecular flexibility index (Phi) is 8.21. The van der Waals surface area contributed by atoms with Crippen LogP contribution in [0.5, 0.6) is 5.75 Å². The van der Waals surface area contributed by atoms with Crippen LogP contribution < -0.4 is 10.1 Å². The molecule has 2 aromatic rings. The lowest BCUT2D eigenvalue weighted by molar-refractivity contribution is -0.129. The quantitative estimate of drug-likeness (QED) is 0.657. The smallest absolute Gasteiger partial charge is 0.339 e. The minimum atomic E-state index is -0.525. The van der Waals surface area contributed by atoms with Gasteiger partial charge < -0.3 is 19.7 Å². The van der Waals surface area contributed by atoms with Gasteiger partial charge in [-0.25, -0.2) is 4.79 Å². The minimum Gasteiger partial charge on any atom is -0.496 e. The van der Waals surface area contributed by atoms with Crippen molar-refractivity contribution in [3.63, 3.8) is 0 Å². The zero-order valence-electron chi connectivity index (χ0n) is 16.9. The highest BCUT2D eigenvalue weighted by molar-refractivity contribution is 6.01. The summed E-state index contributed by atoms with van der Waals surface area (Å²) in [5.74, 6) is -0.149. The maximum Gasteiger partial charge on any atom is 0.339 e. The van der Waals surface area contributed by atoms with Gasteiger partial charge in [-0.05, 0) is 30.2 Å². The van der Waals surface area contributed by atoms with Gasteiger partial charge in [-0.3, -0.25) is 9.59 Å². The van der Waals surface area contributed by atoms with Gasteiger partial charge in [0.05, 0.1) is 25.5 Å². The number of benzene rings is 2. The molecule has 0 radical (unpaired) electrons. The number of hydrogen-bond acceptors (Lipinski definition) is 5. The molecule has 7 nitrogen and oxygen atoms in total. The van der Waals surface area contributed by atoms with E-state index in [4.69, 9.17) is 9.47 Å². The molecule has 0 aliphatic rings. The van der Waals surface area contributed by atoms with E-state index >= 15 is 0 Å². The normalized spacial score (nSPS) is 10.2. The molecule has 7 heteroatoms. The summed E-state index contributed by atoms with van der Waals surface area (Å²) >= 11 is 0. The fraction of sp³-hybridized carbons (Fsp3) is 0.318. The van der Waals surface area contributed by atoms with Crippen molar-refractivity contribution in [1.82, 2.24) is 4.90 Å². The number of amides is 2. The van der Waals surface area contributed by atoms with E-state index in [0.29, 0.717) is 18.7 Å². The molecular formula is C22H26N2O5. The average molecular weight is 398 g/mol. The molecular weight excluding hydrogens is 372 g/mol. The fourth-order valence-electron chi connectivity index (χ4n) is 2.92. The van der Waals surface area contributed by atoms with E-state index in [1.807, 2.05) is 24.3 Å². The number of esters is 1. The van der Waals surface area contributed by atoms with Gasteiger partial charge in [-0.1, -0.05) is 30.3 Å². The molecule has 0 saturated carbocycles. The van der Waals surface area contributed by atoms with Gasteiger partial charge in [0.25, 0.3) is 0 Å². The Balaban J connectivity index is 1.94. The highest BCUT2D eigenvalue weighted by Crippen LogP contribution is 2.19. The van der Waals surface area contributed by atoms with Crippen LogP contribution in [0.1, 0.15) is 29.3 Å². The summed E-state index contributed by atoms with van der Waals surface area (Å²) in [5.41, 5.74) is 1.66. The van der Waals surface area contributed by atoms with Crippen molar-refractivity contribution < 1.29 is 23.9 Å². The molecule has 2 amide bonds. The first kappa shape index (κ1) is 21.9. The summed E-state index contributed by atoms with van der Waals surface area (Å²) in [6, 6.07) is 14.3. The van der Waals surface area contributed by atoms with Crippen LogP contribution in [-0.4, -0.2) is 50.0 Å². The molecule has 0 aromatic heterocycles. The molecule has 0 atom stereocenters. The number of methoxy groups -OCH3 is 2. The molecule has 154 valence electrons. The Labute approximate surface area is 170 Å². The maximum absolute atomic E-state index is 12.4. The van der Waals surface area contributed by atoms with Crippen molar-refractivity contribution in [2.24, 2.45) is 0 Å². The third-order valence-electron chi connectivity index (χ3n) is 4.50. The molecule has 0 aliphatic heterocycles. The monoisotopic (exact) mass is 398 g/mol. The number of rotatable bonds is 9. The van der Waals surface area contributed by atoms with Crippen molar-refractivity contribution in [3.8, 4) is 5.75 Å². The molecule has 29 heavy (non-hydrogen) atoms. The number of carbonyl (C=O) groups is 3. The van der Waals surface area contributed by atoms with Gasteiger partial charge in [0.2, 0.25) is 11.8 Å². The van der Waals surface area contributed by atoms with Gasteiger partial charge >= 0.3 is 5.97 Å². The summed E-state index contributed by atoms with van der Waals surface area (Å²) in [5, 5.41) is 2.71. The first-order valence-corrected chi connectivity index (χ1v) is 9.30. The molecule has 0 fully saturated rings. The SMILES string of the molecule is COC(=O)c1ccccc1NC(=O)CCN(CCc1ccccc1OC)C(C)=O. The number of anilines is 1. The zero-order chi connectivity index (χ0) is 21.2. The number of hydrogen-bond donors (Lipinski definition) is 1. The summed E-state index contributed by atoms with van der Waals surface area (Å²) < 4.78 is 10.1.